The van der Waals surface area contributed by atoms with Crippen molar-refractivity contribution in [2.45, 2.75) is 43.4 Å². The summed E-state index contributed by atoms with van der Waals surface area (Å²) >= 11 is 0. The van der Waals surface area contributed by atoms with Gasteiger partial charge in [0.1, 0.15) is 0 Å². The number of hydrogen-bond acceptors (Lipinski definition) is 3. The molecule has 0 aromatic heterocycles. The number of ether oxygens (including phenoxy) is 1. The van der Waals surface area contributed by atoms with Crippen LogP contribution < -0.4 is 5.43 Å². The van der Waals surface area contributed by atoms with Crippen LogP contribution in [0.1, 0.15) is 35.1 Å². The third kappa shape index (κ3) is 6.90. The van der Waals surface area contributed by atoms with Gasteiger partial charge in [-0.1, -0.05) is 30.3 Å². The zero-order valence-corrected chi connectivity index (χ0v) is 18.5. The Hall–Kier alpha value is -2.80. The summed E-state index contributed by atoms with van der Waals surface area (Å²) in [5.74, 6) is -2.11. The van der Waals surface area contributed by atoms with Gasteiger partial charge in [-0.3, -0.25) is 10.2 Å². The van der Waals surface area contributed by atoms with Gasteiger partial charge in [-0.05, 0) is 42.2 Å². The van der Waals surface area contributed by atoms with E-state index in [2.05, 4.69) is 0 Å². The lowest BCUT2D eigenvalue weighted by molar-refractivity contribution is -0.179. The third-order valence-corrected chi connectivity index (χ3v) is 5.92. The van der Waals surface area contributed by atoms with E-state index in [1.54, 1.807) is 35.8 Å². The van der Waals surface area contributed by atoms with Crippen LogP contribution in [0.3, 0.4) is 0 Å². The highest BCUT2D eigenvalue weighted by molar-refractivity contribution is 5.81. The maximum absolute atomic E-state index is 13.1. The van der Waals surface area contributed by atoms with Crippen LogP contribution in [0.15, 0.2) is 48.5 Å². The highest BCUT2D eigenvalue weighted by Gasteiger charge is 2.42. The molecule has 1 N–H and O–H groups in total. The number of carbonyl (C=O) groups excluding carboxylic acids is 1. The van der Waals surface area contributed by atoms with E-state index < -0.39 is 47.6 Å². The largest absolute Gasteiger partial charge is 0.472 e. The number of halogens is 9. The van der Waals surface area contributed by atoms with Crippen molar-refractivity contribution in [2.75, 3.05) is 19.7 Å². The molecule has 0 unspecified atom stereocenters. The number of rotatable bonds is 6. The van der Waals surface area contributed by atoms with E-state index in [1.165, 1.54) is 0 Å². The number of alkyl halides is 9. The van der Waals surface area contributed by atoms with Gasteiger partial charge in [0.15, 0.2) is 0 Å². The summed E-state index contributed by atoms with van der Waals surface area (Å²) in [6.07, 6.45) is -14.6. The Balaban J connectivity index is 1.76. The Labute approximate surface area is 200 Å². The maximum Gasteiger partial charge on any atom is 0.472 e. The van der Waals surface area contributed by atoms with E-state index >= 15 is 0 Å². The van der Waals surface area contributed by atoms with Crippen molar-refractivity contribution < 1.29 is 49.0 Å². The minimum Gasteiger partial charge on any atom is -0.376 e. The van der Waals surface area contributed by atoms with Gasteiger partial charge >= 0.3 is 24.4 Å². The van der Waals surface area contributed by atoms with E-state index in [1.807, 2.05) is 0 Å². The summed E-state index contributed by atoms with van der Waals surface area (Å²) in [5, 5.41) is 1.11. The summed E-state index contributed by atoms with van der Waals surface area (Å²) in [6, 6.07) is 9.87. The molecule has 0 saturated carbocycles. The second kappa shape index (κ2) is 10.3. The van der Waals surface area contributed by atoms with Gasteiger partial charge < -0.3 is 4.74 Å². The van der Waals surface area contributed by atoms with E-state index in [0.29, 0.717) is 12.1 Å². The standard InChI is InChI=1S/C23H21F9N2O2/c24-21(25,26)17-10-15(11-18(12-17)22(27,28)29)13-36-14-20(16-4-2-1-3-5-16)6-8-34(9-7-20)33-19(35)23(30,31)32/h1-5,10-12H,6-9,13-14H2,(H,33,35). The molecule has 13 heteroatoms. The summed E-state index contributed by atoms with van der Waals surface area (Å²) in [5.41, 5.74) is -1.49. The topological polar surface area (TPSA) is 41.6 Å². The number of carbonyl (C=O) groups is 1. The summed E-state index contributed by atoms with van der Waals surface area (Å²) in [4.78, 5) is 11.2. The van der Waals surface area contributed by atoms with Gasteiger partial charge in [0.2, 0.25) is 0 Å². The molecule has 4 nitrogen and oxygen atoms in total. The van der Waals surface area contributed by atoms with Gasteiger partial charge in [-0.15, -0.1) is 0 Å². The predicted octanol–water partition coefficient (Wildman–Crippen LogP) is 5.87. The first-order chi connectivity index (χ1) is 16.6. The fraction of sp³-hybridized carbons (Fsp3) is 0.435. The molecule has 1 aliphatic rings. The Bertz CT molecular complexity index is 1010. The van der Waals surface area contributed by atoms with Crippen LogP contribution in [0, 0.1) is 0 Å². The van der Waals surface area contributed by atoms with Gasteiger partial charge in [-0.25, -0.2) is 5.01 Å². The minimum absolute atomic E-state index is 0.0157. The highest BCUT2D eigenvalue weighted by Crippen LogP contribution is 2.38. The van der Waals surface area contributed by atoms with Crippen LogP contribution in [0.2, 0.25) is 0 Å². The van der Waals surface area contributed by atoms with Crippen LogP contribution in [-0.4, -0.2) is 36.8 Å². The number of benzene rings is 2. The average molecular weight is 528 g/mol. The number of nitrogens with zero attached hydrogens (tertiary/aromatic N) is 1. The molecule has 36 heavy (non-hydrogen) atoms. The van der Waals surface area contributed by atoms with Crippen molar-refractivity contribution in [3.63, 3.8) is 0 Å². The second-order valence-electron chi connectivity index (χ2n) is 8.48. The number of hydrogen-bond donors (Lipinski definition) is 1. The molecule has 0 bridgehead atoms. The highest BCUT2D eigenvalue weighted by atomic mass is 19.4. The molecular formula is C23H21F9N2O2. The van der Waals surface area contributed by atoms with Crippen LogP contribution in [0.25, 0.3) is 0 Å². The molecule has 1 amide bonds. The molecule has 1 fully saturated rings. The van der Waals surface area contributed by atoms with Crippen LogP contribution in [0.5, 0.6) is 0 Å². The number of nitrogens with one attached hydrogen (secondary N) is 1. The van der Waals surface area contributed by atoms with Crippen LogP contribution in [0.4, 0.5) is 39.5 Å². The van der Waals surface area contributed by atoms with Crippen LogP contribution in [-0.2, 0) is 33.9 Å². The van der Waals surface area contributed by atoms with Crippen molar-refractivity contribution in [3.8, 4) is 0 Å². The first kappa shape index (κ1) is 27.8. The van der Waals surface area contributed by atoms with E-state index in [9.17, 15) is 44.3 Å². The molecule has 2 aromatic carbocycles. The summed E-state index contributed by atoms with van der Waals surface area (Å²) < 4.78 is 122. The van der Waals surface area contributed by atoms with E-state index in [0.717, 1.165) is 10.6 Å². The molecule has 198 valence electrons. The molecule has 0 atom stereocenters. The Morgan fingerprint density at radius 2 is 1.39 bits per heavy atom. The van der Waals surface area contributed by atoms with E-state index in [-0.39, 0.29) is 44.2 Å². The maximum atomic E-state index is 13.1. The quantitative estimate of drug-likeness (QED) is 0.477. The van der Waals surface area contributed by atoms with Gasteiger partial charge in [0, 0.05) is 18.5 Å². The second-order valence-corrected chi connectivity index (χ2v) is 8.48. The van der Waals surface area contributed by atoms with Crippen molar-refractivity contribution in [3.05, 3.63) is 70.8 Å². The molecule has 3 rings (SSSR count). The monoisotopic (exact) mass is 528 g/mol. The molecule has 0 spiro atoms. The fourth-order valence-corrected chi connectivity index (χ4v) is 4.03. The molecule has 0 radical (unpaired) electrons. The molecule has 1 heterocycles. The number of amides is 1. The first-order valence-corrected chi connectivity index (χ1v) is 10.6. The molecule has 1 saturated heterocycles. The Morgan fingerprint density at radius 1 is 0.861 bits per heavy atom. The van der Waals surface area contributed by atoms with Crippen molar-refractivity contribution >= 4 is 5.91 Å². The Morgan fingerprint density at radius 3 is 1.86 bits per heavy atom. The zero-order chi connectivity index (χ0) is 26.8. The summed E-state index contributed by atoms with van der Waals surface area (Å²) in [7, 11) is 0. The van der Waals surface area contributed by atoms with Crippen LogP contribution >= 0.6 is 0 Å². The molecule has 0 aliphatic carbocycles. The van der Waals surface area contributed by atoms with Crippen molar-refractivity contribution in [1.82, 2.24) is 10.4 Å². The average Bonchev–Trinajstić information content (AvgIpc) is 2.79. The van der Waals surface area contributed by atoms with Gasteiger partial charge in [-0.2, -0.15) is 39.5 Å². The van der Waals surface area contributed by atoms with E-state index in [4.69, 9.17) is 4.74 Å². The fourth-order valence-electron chi connectivity index (χ4n) is 4.03. The molecule has 1 aliphatic heterocycles. The zero-order valence-electron chi connectivity index (χ0n) is 18.5. The first-order valence-electron chi connectivity index (χ1n) is 10.6. The lowest BCUT2D eigenvalue weighted by Gasteiger charge is -2.42. The van der Waals surface area contributed by atoms with Crippen molar-refractivity contribution in [2.24, 2.45) is 0 Å². The van der Waals surface area contributed by atoms with Crippen molar-refractivity contribution in [1.29, 1.82) is 0 Å². The molecule has 2 aromatic rings. The minimum atomic E-state index is -5.06. The third-order valence-electron chi connectivity index (χ3n) is 5.92. The SMILES string of the molecule is O=C(NN1CCC(COCc2cc(C(F)(F)F)cc(C(F)(F)F)c2)(c2ccccc2)CC1)C(F)(F)F. The Kier molecular flexibility index (Phi) is 7.94. The summed E-state index contributed by atoms with van der Waals surface area (Å²) in [6.45, 7) is -0.629. The number of piperidine rings is 1. The normalized spacial score (nSPS) is 17.1. The lowest BCUT2D eigenvalue weighted by atomic mass is 9.73. The smallest absolute Gasteiger partial charge is 0.376 e. The van der Waals surface area contributed by atoms with Gasteiger partial charge in [0.05, 0.1) is 24.3 Å². The number of hydrazine groups is 1. The lowest BCUT2D eigenvalue weighted by Crippen LogP contribution is -2.54. The predicted molar refractivity (Wildman–Crippen MR) is 109 cm³/mol. The van der Waals surface area contributed by atoms with Gasteiger partial charge in [0.25, 0.3) is 0 Å². The molecular weight excluding hydrogens is 507 g/mol.